The van der Waals surface area contributed by atoms with E-state index in [0.29, 0.717) is 6.04 Å². The predicted molar refractivity (Wildman–Crippen MR) is 79.2 cm³/mol. The topological polar surface area (TPSA) is 55.6 Å². The number of rotatable bonds is 5. The van der Waals surface area contributed by atoms with Crippen molar-refractivity contribution in [3.8, 4) is 0 Å². The molecule has 110 valence electrons. The van der Waals surface area contributed by atoms with E-state index in [-0.39, 0.29) is 24.0 Å². The molecule has 1 amide bonds. The molecule has 5 heteroatoms. The minimum Gasteiger partial charge on any atom is -0.376 e. The highest BCUT2D eigenvalue weighted by Crippen LogP contribution is 2.25. The fourth-order valence-electron chi connectivity index (χ4n) is 2.67. The van der Waals surface area contributed by atoms with Gasteiger partial charge >= 0.3 is 0 Å². The first-order valence-corrected chi connectivity index (χ1v) is 8.50. The summed E-state index contributed by atoms with van der Waals surface area (Å²) in [7, 11) is 0. The summed E-state index contributed by atoms with van der Waals surface area (Å²) in [6.07, 6.45) is 3.49. The maximum Gasteiger partial charge on any atom is 0.240 e. The summed E-state index contributed by atoms with van der Waals surface area (Å²) >= 11 is 1.93. The number of hydrogen-bond acceptors (Lipinski definition) is 4. The smallest absolute Gasteiger partial charge is 0.240 e. The maximum absolute atomic E-state index is 12.6. The van der Waals surface area contributed by atoms with Gasteiger partial charge in [0.15, 0.2) is 0 Å². The highest BCUT2D eigenvalue weighted by atomic mass is 32.2. The van der Waals surface area contributed by atoms with E-state index in [4.69, 9.17) is 10.5 Å². The maximum atomic E-state index is 12.6. The second kappa shape index (κ2) is 6.95. The van der Waals surface area contributed by atoms with Crippen molar-refractivity contribution in [1.29, 1.82) is 0 Å². The summed E-state index contributed by atoms with van der Waals surface area (Å²) in [6.45, 7) is 5.58. The lowest BCUT2D eigenvalue weighted by molar-refractivity contribution is -0.137. The number of nitrogens with zero attached hydrogens (tertiary/aromatic N) is 1. The molecule has 2 heterocycles. The molecule has 0 aromatic carbocycles. The lowest BCUT2D eigenvalue weighted by Crippen LogP contribution is -2.53. The van der Waals surface area contributed by atoms with Gasteiger partial charge in [-0.25, -0.2) is 0 Å². The van der Waals surface area contributed by atoms with Crippen LogP contribution in [-0.2, 0) is 9.53 Å². The van der Waals surface area contributed by atoms with Gasteiger partial charge in [-0.3, -0.25) is 4.79 Å². The van der Waals surface area contributed by atoms with Crippen LogP contribution in [0.4, 0.5) is 0 Å². The largest absolute Gasteiger partial charge is 0.376 e. The van der Waals surface area contributed by atoms with E-state index in [1.54, 1.807) is 0 Å². The van der Waals surface area contributed by atoms with Crippen LogP contribution in [-0.4, -0.2) is 53.7 Å². The van der Waals surface area contributed by atoms with Gasteiger partial charge in [-0.05, 0) is 30.9 Å². The first-order chi connectivity index (χ1) is 9.09. The molecule has 0 saturated carbocycles. The van der Waals surface area contributed by atoms with Crippen LogP contribution < -0.4 is 5.73 Å². The van der Waals surface area contributed by atoms with Crippen LogP contribution in [0.3, 0.4) is 0 Å². The quantitative estimate of drug-likeness (QED) is 0.832. The summed E-state index contributed by atoms with van der Waals surface area (Å²) in [5.41, 5.74) is 6.06. The standard InChI is InChI=1S/C14H26N2O2S/c1-10(2)13(15)14(17)16(11-5-7-19-9-11)8-12-4-3-6-18-12/h10-13H,3-9,15H2,1-2H3. The predicted octanol–water partition coefficient (Wildman–Crippen LogP) is 1.48. The lowest BCUT2D eigenvalue weighted by Gasteiger charge is -2.33. The van der Waals surface area contributed by atoms with Crippen molar-refractivity contribution < 1.29 is 9.53 Å². The summed E-state index contributed by atoms with van der Waals surface area (Å²) in [4.78, 5) is 14.6. The zero-order valence-corrected chi connectivity index (χ0v) is 12.8. The van der Waals surface area contributed by atoms with Crippen LogP contribution in [0.1, 0.15) is 33.1 Å². The summed E-state index contributed by atoms with van der Waals surface area (Å²) < 4.78 is 5.69. The number of carbonyl (C=O) groups excluding carboxylic acids is 1. The molecule has 4 nitrogen and oxygen atoms in total. The molecule has 0 aromatic rings. The molecule has 0 aliphatic carbocycles. The van der Waals surface area contributed by atoms with E-state index in [2.05, 4.69) is 0 Å². The third kappa shape index (κ3) is 3.86. The fraction of sp³-hybridized carbons (Fsp3) is 0.929. The molecule has 0 radical (unpaired) electrons. The van der Waals surface area contributed by atoms with E-state index in [1.807, 2.05) is 30.5 Å². The second-order valence-electron chi connectivity index (χ2n) is 5.91. The van der Waals surface area contributed by atoms with Gasteiger partial charge in [-0.2, -0.15) is 11.8 Å². The third-order valence-corrected chi connectivity index (χ3v) is 5.20. The van der Waals surface area contributed by atoms with Crippen molar-refractivity contribution in [2.24, 2.45) is 11.7 Å². The average molecular weight is 286 g/mol. The summed E-state index contributed by atoms with van der Waals surface area (Å²) in [5.74, 6) is 2.49. The number of nitrogens with two attached hydrogens (primary N) is 1. The van der Waals surface area contributed by atoms with Crippen molar-refractivity contribution in [2.45, 2.75) is 51.3 Å². The number of hydrogen-bond donors (Lipinski definition) is 1. The Hall–Kier alpha value is -0.260. The Morgan fingerprint density at radius 3 is 2.79 bits per heavy atom. The van der Waals surface area contributed by atoms with Crippen LogP contribution in [0.5, 0.6) is 0 Å². The lowest BCUT2D eigenvalue weighted by atomic mass is 10.0. The number of carbonyl (C=O) groups is 1. The number of ether oxygens (including phenoxy) is 1. The van der Waals surface area contributed by atoms with Crippen LogP contribution in [0.2, 0.25) is 0 Å². The number of thioether (sulfide) groups is 1. The van der Waals surface area contributed by atoms with E-state index >= 15 is 0 Å². The molecule has 3 unspecified atom stereocenters. The van der Waals surface area contributed by atoms with Crippen molar-refractivity contribution in [2.75, 3.05) is 24.7 Å². The zero-order chi connectivity index (χ0) is 13.8. The van der Waals surface area contributed by atoms with Gasteiger partial charge in [0.1, 0.15) is 0 Å². The van der Waals surface area contributed by atoms with Crippen LogP contribution in [0.25, 0.3) is 0 Å². The van der Waals surface area contributed by atoms with Gasteiger partial charge in [0, 0.05) is 24.9 Å². The molecule has 2 fully saturated rings. The van der Waals surface area contributed by atoms with E-state index in [0.717, 1.165) is 43.9 Å². The molecule has 2 N–H and O–H groups in total. The molecule has 2 rings (SSSR count). The second-order valence-corrected chi connectivity index (χ2v) is 7.06. The highest BCUT2D eigenvalue weighted by molar-refractivity contribution is 7.99. The SMILES string of the molecule is CC(C)C(N)C(=O)N(CC1CCCO1)C1CCSC1. The van der Waals surface area contributed by atoms with Gasteiger partial charge in [-0.15, -0.1) is 0 Å². The number of amides is 1. The Balaban J connectivity index is 2.01. The van der Waals surface area contributed by atoms with Gasteiger partial charge in [-0.1, -0.05) is 13.8 Å². The van der Waals surface area contributed by atoms with Gasteiger partial charge in [0.05, 0.1) is 12.1 Å². The molecular weight excluding hydrogens is 260 g/mol. The molecule has 3 atom stereocenters. The first kappa shape index (κ1) is 15.1. The van der Waals surface area contributed by atoms with E-state index < -0.39 is 0 Å². The Morgan fingerprint density at radius 2 is 2.26 bits per heavy atom. The first-order valence-electron chi connectivity index (χ1n) is 7.35. The third-order valence-electron chi connectivity index (χ3n) is 4.06. The van der Waals surface area contributed by atoms with Gasteiger partial charge < -0.3 is 15.4 Å². The van der Waals surface area contributed by atoms with E-state index in [9.17, 15) is 4.79 Å². The normalized spacial score (nSPS) is 28.8. The molecule has 0 bridgehead atoms. The molecule has 19 heavy (non-hydrogen) atoms. The minimum atomic E-state index is -0.382. The van der Waals surface area contributed by atoms with Crippen LogP contribution >= 0.6 is 11.8 Å². The monoisotopic (exact) mass is 286 g/mol. The molecule has 0 aromatic heterocycles. The Labute approximate surface area is 120 Å². The van der Waals surface area contributed by atoms with Crippen molar-refractivity contribution >= 4 is 17.7 Å². The van der Waals surface area contributed by atoms with Crippen LogP contribution in [0, 0.1) is 5.92 Å². The molecule has 2 aliphatic heterocycles. The van der Waals surface area contributed by atoms with Crippen molar-refractivity contribution in [3.63, 3.8) is 0 Å². The molecular formula is C14H26N2O2S. The fourth-order valence-corrected chi connectivity index (χ4v) is 3.90. The van der Waals surface area contributed by atoms with Crippen molar-refractivity contribution in [1.82, 2.24) is 4.90 Å². The summed E-state index contributed by atoms with van der Waals surface area (Å²) in [6, 6.07) is -0.0292. The van der Waals surface area contributed by atoms with Gasteiger partial charge in [0.25, 0.3) is 0 Å². The summed E-state index contributed by atoms with van der Waals surface area (Å²) in [5, 5.41) is 0. The van der Waals surface area contributed by atoms with Gasteiger partial charge in [0.2, 0.25) is 5.91 Å². The Bertz CT molecular complexity index is 300. The molecule has 0 spiro atoms. The van der Waals surface area contributed by atoms with E-state index in [1.165, 1.54) is 0 Å². The molecule has 2 saturated heterocycles. The van der Waals surface area contributed by atoms with Crippen molar-refractivity contribution in [3.05, 3.63) is 0 Å². The van der Waals surface area contributed by atoms with Crippen LogP contribution in [0.15, 0.2) is 0 Å². The molecule has 2 aliphatic rings. The highest BCUT2D eigenvalue weighted by Gasteiger charge is 2.33. The Morgan fingerprint density at radius 1 is 1.47 bits per heavy atom. The minimum absolute atomic E-state index is 0.109. The Kier molecular flexibility index (Phi) is 5.54. The zero-order valence-electron chi connectivity index (χ0n) is 12.0. The average Bonchev–Trinajstić information content (AvgIpc) is 3.06.